The van der Waals surface area contributed by atoms with Gasteiger partial charge in [0, 0.05) is 55.0 Å². The molecule has 1 saturated carbocycles. The first-order valence-electron chi connectivity index (χ1n) is 8.73. The van der Waals surface area contributed by atoms with E-state index in [9.17, 15) is 4.79 Å². The highest BCUT2D eigenvalue weighted by Crippen LogP contribution is 2.37. The van der Waals surface area contributed by atoms with Crippen LogP contribution in [0.1, 0.15) is 6.42 Å². The summed E-state index contributed by atoms with van der Waals surface area (Å²) in [6.45, 7) is 3.83. The highest BCUT2D eigenvalue weighted by molar-refractivity contribution is 6.01. The maximum absolute atomic E-state index is 12.1. The van der Waals surface area contributed by atoms with E-state index in [0.29, 0.717) is 11.5 Å². The zero-order valence-corrected chi connectivity index (χ0v) is 15.4. The Bertz CT molecular complexity index is 1070. The van der Waals surface area contributed by atoms with Gasteiger partial charge in [-0.25, -0.2) is 4.98 Å². The number of hydrogen-bond donors (Lipinski definition) is 2. The Morgan fingerprint density at radius 3 is 2.78 bits per heavy atom. The molecule has 1 aliphatic rings. The molecule has 3 aromatic rings. The lowest BCUT2D eigenvalue weighted by Crippen LogP contribution is -2.14. The van der Waals surface area contributed by atoms with Gasteiger partial charge < -0.3 is 16.0 Å². The van der Waals surface area contributed by atoms with Crippen LogP contribution in [0.5, 0.6) is 0 Å². The van der Waals surface area contributed by atoms with Crippen LogP contribution in [0.25, 0.3) is 21.9 Å². The predicted molar refractivity (Wildman–Crippen MR) is 110 cm³/mol. The highest BCUT2D eigenvalue weighted by atomic mass is 16.2. The molecule has 6 heteroatoms. The lowest BCUT2D eigenvalue weighted by molar-refractivity contribution is -0.117. The monoisotopic (exact) mass is 359 g/mol. The average Bonchev–Trinajstić information content (AvgIpc) is 3.38. The second-order valence-corrected chi connectivity index (χ2v) is 7.05. The maximum atomic E-state index is 12.1. The number of benzene rings is 1. The molecule has 1 unspecified atom stereocenters. The lowest BCUT2D eigenvalue weighted by atomic mass is 10.0. The highest BCUT2D eigenvalue weighted by Gasteiger charge is 2.34. The lowest BCUT2D eigenvalue weighted by Gasteiger charge is -2.18. The van der Waals surface area contributed by atoms with Gasteiger partial charge in [0.2, 0.25) is 5.91 Å². The van der Waals surface area contributed by atoms with Crippen LogP contribution in [0.3, 0.4) is 0 Å². The Morgan fingerprint density at radius 2 is 2.07 bits per heavy atom. The zero-order chi connectivity index (χ0) is 19.1. The van der Waals surface area contributed by atoms with Crippen molar-refractivity contribution in [2.75, 3.05) is 30.0 Å². The van der Waals surface area contributed by atoms with Gasteiger partial charge in [-0.1, -0.05) is 12.2 Å². The number of nitrogens with zero attached hydrogens (tertiary/aromatic N) is 3. The molecule has 0 saturated heterocycles. The molecule has 27 heavy (non-hydrogen) atoms. The molecular formula is C21H21N5O. The molecule has 1 fully saturated rings. The summed E-state index contributed by atoms with van der Waals surface area (Å²) in [7, 11) is 3.99. The van der Waals surface area contributed by atoms with Crippen LogP contribution in [-0.4, -0.2) is 30.0 Å². The molecule has 136 valence electrons. The number of fused-ring (bicyclic) bond motifs is 1. The van der Waals surface area contributed by atoms with E-state index in [1.54, 1.807) is 12.4 Å². The number of rotatable bonds is 4. The number of pyridine rings is 2. The van der Waals surface area contributed by atoms with Gasteiger partial charge in [-0.15, -0.1) is 0 Å². The number of nitrogens with one attached hydrogen (secondary N) is 1. The fraction of sp³-hybridized carbons (Fsp3) is 0.190. The van der Waals surface area contributed by atoms with E-state index in [1.807, 2.05) is 49.5 Å². The first-order chi connectivity index (χ1) is 12.9. The number of carbonyl (C=O) groups excluding carboxylic acids is 1. The van der Waals surface area contributed by atoms with Gasteiger partial charge in [0.05, 0.1) is 5.92 Å². The van der Waals surface area contributed by atoms with Crippen molar-refractivity contribution in [3.8, 4) is 11.1 Å². The van der Waals surface area contributed by atoms with Crippen molar-refractivity contribution >= 4 is 33.9 Å². The second-order valence-electron chi connectivity index (χ2n) is 7.05. The van der Waals surface area contributed by atoms with Gasteiger partial charge in [0.25, 0.3) is 0 Å². The minimum Gasteiger partial charge on any atom is -0.398 e. The topological polar surface area (TPSA) is 84.1 Å². The van der Waals surface area contributed by atoms with Gasteiger partial charge in [0.1, 0.15) is 5.82 Å². The molecule has 1 amide bonds. The number of amides is 1. The van der Waals surface area contributed by atoms with Gasteiger partial charge in [-0.05, 0) is 41.6 Å². The molecular weight excluding hydrogens is 338 g/mol. The van der Waals surface area contributed by atoms with Crippen LogP contribution in [0.4, 0.5) is 17.2 Å². The van der Waals surface area contributed by atoms with Gasteiger partial charge in [-0.2, -0.15) is 0 Å². The second kappa shape index (κ2) is 6.39. The number of nitrogen functional groups attached to an aromatic ring is 1. The number of hydrogen-bond acceptors (Lipinski definition) is 5. The van der Waals surface area contributed by atoms with E-state index in [-0.39, 0.29) is 11.8 Å². The van der Waals surface area contributed by atoms with E-state index >= 15 is 0 Å². The summed E-state index contributed by atoms with van der Waals surface area (Å²) in [6, 6.07) is 7.80. The first kappa shape index (κ1) is 17.0. The Hall–Kier alpha value is -3.41. The van der Waals surface area contributed by atoms with E-state index in [0.717, 1.165) is 39.6 Å². The minimum absolute atomic E-state index is 0.0573. The molecule has 3 N–H and O–H groups in total. The van der Waals surface area contributed by atoms with E-state index in [2.05, 4.69) is 21.9 Å². The number of nitrogens with two attached hydrogens (primary N) is 1. The standard InChI is InChI=1S/C21H21N5O/c1-12-6-15(12)21(27)25-20-9-14-7-13(8-18(22)16(14)11-24-20)17-10-23-5-4-19(17)26(2)3/h4-5,7-11,15H,1,6,22H2,2-3H3,(H,24,25,27). The van der Waals surface area contributed by atoms with Crippen LogP contribution in [0.2, 0.25) is 0 Å². The summed E-state index contributed by atoms with van der Waals surface area (Å²) in [5.74, 6) is 0.373. The summed E-state index contributed by atoms with van der Waals surface area (Å²) in [5.41, 5.74) is 10.9. The normalized spacial score (nSPS) is 15.6. The molecule has 2 aromatic heterocycles. The van der Waals surface area contributed by atoms with Gasteiger partial charge in [-0.3, -0.25) is 9.78 Å². The molecule has 0 radical (unpaired) electrons. The fourth-order valence-corrected chi connectivity index (χ4v) is 3.20. The smallest absolute Gasteiger partial charge is 0.233 e. The van der Waals surface area contributed by atoms with Crippen LogP contribution < -0.4 is 16.0 Å². The SMILES string of the molecule is C=C1CC1C(=O)Nc1cc2cc(-c3cnccc3N(C)C)cc(N)c2cn1. The van der Waals surface area contributed by atoms with Gasteiger partial charge in [0.15, 0.2) is 0 Å². The molecule has 4 rings (SSSR count). The predicted octanol–water partition coefficient (Wildman–Crippen LogP) is 3.46. The Morgan fingerprint density at radius 1 is 1.30 bits per heavy atom. The third-order valence-electron chi connectivity index (χ3n) is 4.83. The summed E-state index contributed by atoms with van der Waals surface area (Å²) >= 11 is 0. The Balaban J connectivity index is 1.75. The van der Waals surface area contributed by atoms with E-state index in [4.69, 9.17) is 5.73 Å². The van der Waals surface area contributed by atoms with Crippen molar-refractivity contribution in [3.05, 3.63) is 55.0 Å². The average molecular weight is 359 g/mol. The van der Waals surface area contributed by atoms with Crippen molar-refractivity contribution < 1.29 is 4.79 Å². The van der Waals surface area contributed by atoms with Crippen molar-refractivity contribution in [2.45, 2.75) is 6.42 Å². The Kier molecular flexibility index (Phi) is 4.03. The molecule has 6 nitrogen and oxygen atoms in total. The zero-order valence-electron chi connectivity index (χ0n) is 15.4. The molecule has 1 atom stereocenters. The van der Waals surface area contributed by atoms with Crippen molar-refractivity contribution in [1.29, 1.82) is 0 Å². The minimum atomic E-state index is -0.0862. The maximum Gasteiger partial charge on any atom is 0.233 e. The third kappa shape index (κ3) is 3.21. The summed E-state index contributed by atoms with van der Waals surface area (Å²) in [4.78, 5) is 22.8. The van der Waals surface area contributed by atoms with Crippen LogP contribution in [0, 0.1) is 5.92 Å². The quantitative estimate of drug-likeness (QED) is 0.550. The summed E-state index contributed by atoms with van der Waals surface area (Å²) in [5, 5.41) is 4.63. The van der Waals surface area contributed by atoms with Gasteiger partial charge >= 0.3 is 0 Å². The number of carbonyl (C=O) groups is 1. The number of anilines is 3. The summed E-state index contributed by atoms with van der Waals surface area (Å²) in [6.07, 6.45) is 6.05. The molecule has 1 aromatic carbocycles. The fourth-order valence-electron chi connectivity index (χ4n) is 3.20. The molecule has 2 heterocycles. The van der Waals surface area contributed by atoms with Crippen molar-refractivity contribution in [3.63, 3.8) is 0 Å². The van der Waals surface area contributed by atoms with E-state index in [1.165, 1.54) is 0 Å². The van der Waals surface area contributed by atoms with Crippen molar-refractivity contribution in [2.24, 2.45) is 5.92 Å². The molecule has 0 spiro atoms. The van der Waals surface area contributed by atoms with Crippen molar-refractivity contribution in [1.82, 2.24) is 9.97 Å². The first-order valence-corrected chi connectivity index (χ1v) is 8.73. The van der Waals surface area contributed by atoms with Crippen LogP contribution in [-0.2, 0) is 4.79 Å². The van der Waals surface area contributed by atoms with Crippen LogP contribution in [0.15, 0.2) is 55.0 Å². The Labute approximate surface area is 157 Å². The molecule has 0 bridgehead atoms. The largest absolute Gasteiger partial charge is 0.398 e. The summed E-state index contributed by atoms with van der Waals surface area (Å²) < 4.78 is 0. The van der Waals surface area contributed by atoms with E-state index < -0.39 is 0 Å². The third-order valence-corrected chi connectivity index (χ3v) is 4.83. The number of aromatic nitrogens is 2. The van der Waals surface area contributed by atoms with Crippen LogP contribution >= 0.6 is 0 Å². The molecule has 1 aliphatic carbocycles. The molecule has 0 aliphatic heterocycles.